The fourth-order valence-corrected chi connectivity index (χ4v) is 2.04. The largest absolute Gasteiger partial charge is 0.465 e. The van der Waals surface area contributed by atoms with Crippen molar-refractivity contribution in [3.05, 3.63) is 0 Å². The van der Waals surface area contributed by atoms with Crippen LogP contribution in [0.5, 0.6) is 0 Å². The smallest absolute Gasteiger partial charge is 0.326 e. The molecule has 2 saturated carbocycles. The van der Waals surface area contributed by atoms with Crippen LogP contribution in [0.2, 0.25) is 0 Å². The third kappa shape index (κ3) is 1.46. The van der Waals surface area contributed by atoms with E-state index in [2.05, 4.69) is 0 Å². The standard InChI is InChI=1S/C10H17NO2/c1-2-13-9(12)10(11,7-3-4-7)8-5-6-8/h7-8H,2-6,11H2,1H3. The summed E-state index contributed by atoms with van der Waals surface area (Å²) in [5.74, 6) is 0.637. The molecule has 13 heavy (non-hydrogen) atoms. The maximum Gasteiger partial charge on any atom is 0.326 e. The number of esters is 1. The molecule has 2 rings (SSSR count). The Balaban J connectivity index is 2.07. The molecule has 74 valence electrons. The third-order valence-electron chi connectivity index (χ3n) is 3.13. The lowest BCUT2D eigenvalue weighted by Gasteiger charge is -2.26. The second kappa shape index (κ2) is 2.98. The van der Waals surface area contributed by atoms with Gasteiger partial charge in [0.25, 0.3) is 0 Å². The summed E-state index contributed by atoms with van der Waals surface area (Å²) in [6.07, 6.45) is 4.41. The van der Waals surface area contributed by atoms with Gasteiger partial charge in [-0.15, -0.1) is 0 Å². The molecular formula is C10H17NO2. The van der Waals surface area contributed by atoms with Crippen LogP contribution in [0.25, 0.3) is 0 Å². The van der Waals surface area contributed by atoms with Gasteiger partial charge in [0, 0.05) is 0 Å². The number of carbonyl (C=O) groups is 1. The Morgan fingerprint density at radius 3 is 2.15 bits per heavy atom. The average molecular weight is 183 g/mol. The lowest BCUT2D eigenvalue weighted by Crippen LogP contribution is -2.53. The van der Waals surface area contributed by atoms with E-state index < -0.39 is 5.54 Å². The molecule has 0 aromatic carbocycles. The lowest BCUT2D eigenvalue weighted by atomic mass is 9.89. The van der Waals surface area contributed by atoms with Gasteiger partial charge in [-0.1, -0.05) is 0 Å². The summed E-state index contributed by atoms with van der Waals surface area (Å²) in [5.41, 5.74) is 5.53. The second-order valence-corrected chi connectivity index (χ2v) is 4.20. The molecule has 0 spiro atoms. The molecule has 0 bridgehead atoms. The van der Waals surface area contributed by atoms with Crippen molar-refractivity contribution in [2.24, 2.45) is 17.6 Å². The molecule has 0 heterocycles. The van der Waals surface area contributed by atoms with Crippen LogP contribution in [0.1, 0.15) is 32.6 Å². The minimum absolute atomic E-state index is 0.167. The number of nitrogens with two attached hydrogens (primary N) is 1. The third-order valence-corrected chi connectivity index (χ3v) is 3.13. The first-order chi connectivity index (χ1) is 6.19. The molecule has 0 amide bonds. The zero-order chi connectivity index (χ0) is 9.47. The highest BCUT2D eigenvalue weighted by atomic mass is 16.5. The van der Waals surface area contributed by atoms with Gasteiger partial charge in [-0.05, 0) is 44.4 Å². The summed E-state index contributed by atoms with van der Waals surface area (Å²) in [5, 5.41) is 0. The predicted molar refractivity (Wildman–Crippen MR) is 49.0 cm³/mol. The highest BCUT2D eigenvalue weighted by Crippen LogP contribution is 2.51. The summed E-state index contributed by atoms with van der Waals surface area (Å²) in [6, 6.07) is 0. The molecule has 3 heteroatoms. The van der Waals surface area contributed by atoms with Gasteiger partial charge in [-0.3, -0.25) is 4.79 Å². The van der Waals surface area contributed by atoms with Gasteiger partial charge in [0.2, 0.25) is 0 Å². The Bertz CT molecular complexity index is 207. The van der Waals surface area contributed by atoms with Crippen LogP contribution in [0.15, 0.2) is 0 Å². The van der Waals surface area contributed by atoms with Crippen molar-refractivity contribution in [2.75, 3.05) is 6.61 Å². The maximum atomic E-state index is 11.7. The summed E-state index contributed by atoms with van der Waals surface area (Å²) >= 11 is 0. The Morgan fingerprint density at radius 2 is 1.85 bits per heavy atom. The molecule has 2 aliphatic carbocycles. The number of rotatable bonds is 4. The molecule has 0 aliphatic heterocycles. The highest BCUT2D eigenvalue weighted by molar-refractivity contribution is 5.82. The molecule has 2 aliphatic rings. The molecule has 0 saturated heterocycles. The Hall–Kier alpha value is -0.570. The number of ether oxygens (including phenoxy) is 1. The SMILES string of the molecule is CCOC(=O)C(N)(C1CC1)C1CC1. The van der Waals surface area contributed by atoms with Crippen molar-refractivity contribution in [3.8, 4) is 0 Å². The molecule has 2 fully saturated rings. The van der Waals surface area contributed by atoms with Gasteiger partial charge in [-0.25, -0.2) is 0 Å². The predicted octanol–water partition coefficient (Wildman–Crippen LogP) is 1.07. The van der Waals surface area contributed by atoms with E-state index in [-0.39, 0.29) is 5.97 Å². The highest BCUT2D eigenvalue weighted by Gasteiger charge is 2.57. The van der Waals surface area contributed by atoms with Crippen LogP contribution in [-0.2, 0) is 9.53 Å². The summed E-state index contributed by atoms with van der Waals surface area (Å²) in [6.45, 7) is 2.27. The van der Waals surface area contributed by atoms with Crippen molar-refractivity contribution >= 4 is 5.97 Å². The zero-order valence-electron chi connectivity index (χ0n) is 8.08. The van der Waals surface area contributed by atoms with Gasteiger partial charge in [0.15, 0.2) is 0 Å². The number of hydrogen-bond acceptors (Lipinski definition) is 3. The van der Waals surface area contributed by atoms with Crippen LogP contribution in [0.4, 0.5) is 0 Å². The average Bonchev–Trinajstić information content (AvgIpc) is 2.93. The topological polar surface area (TPSA) is 52.3 Å². The molecule has 2 N–H and O–H groups in total. The van der Waals surface area contributed by atoms with Gasteiger partial charge in [-0.2, -0.15) is 0 Å². The van der Waals surface area contributed by atoms with Crippen LogP contribution < -0.4 is 5.73 Å². The molecular weight excluding hydrogens is 166 g/mol. The first-order valence-corrected chi connectivity index (χ1v) is 5.15. The molecule has 0 radical (unpaired) electrons. The van der Waals surface area contributed by atoms with Crippen molar-refractivity contribution in [1.82, 2.24) is 0 Å². The first-order valence-electron chi connectivity index (χ1n) is 5.15. The molecule has 0 aromatic rings. The molecule has 0 atom stereocenters. The minimum Gasteiger partial charge on any atom is -0.465 e. The van der Waals surface area contributed by atoms with Crippen molar-refractivity contribution in [1.29, 1.82) is 0 Å². The van der Waals surface area contributed by atoms with E-state index in [0.717, 1.165) is 25.7 Å². The van der Waals surface area contributed by atoms with Crippen LogP contribution >= 0.6 is 0 Å². The Kier molecular flexibility index (Phi) is 2.06. The molecule has 0 unspecified atom stereocenters. The van der Waals surface area contributed by atoms with Gasteiger partial charge in [0.1, 0.15) is 5.54 Å². The van der Waals surface area contributed by atoms with Crippen LogP contribution in [0.3, 0.4) is 0 Å². The monoisotopic (exact) mass is 183 g/mol. The van der Waals surface area contributed by atoms with E-state index in [1.807, 2.05) is 6.92 Å². The number of carbonyl (C=O) groups excluding carboxylic acids is 1. The van der Waals surface area contributed by atoms with E-state index in [1.165, 1.54) is 0 Å². The van der Waals surface area contributed by atoms with E-state index >= 15 is 0 Å². The van der Waals surface area contributed by atoms with E-state index in [4.69, 9.17) is 10.5 Å². The summed E-state index contributed by atoms with van der Waals surface area (Å²) < 4.78 is 5.05. The quantitative estimate of drug-likeness (QED) is 0.663. The van der Waals surface area contributed by atoms with Crippen molar-refractivity contribution < 1.29 is 9.53 Å². The van der Waals surface area contributed by atoms with Gasteiger partial charge in [0.05, 0.1) is 6.61 Å². The van der Waals surface area contributed by atoms with Crippen LogP contribution in [-0.4, -0.2) is 18.1 Å². The van der Waals surface area contributed by atoms with E-state index in [9.17, 15) is 4.79 Å². The van der Waals surface area contributed by atoms with Crippen molar-refractivity contribution in [3.63, 3.8) is 0 Å². The Labute approximate surface area is 78.6 Å². The number of hydrogen-bond donors (Lipinski definition) is 1. The second-order valence-electron chi connectivity index (χ2n) is 4.20. The molecule has 0 aromatic heterocycles. The van der Waals surface area contributed by atoms with Crippen molar-refractivity contribution in [2.45, 2.75) is 38.1 Å². The van der Waals surface area contributed by atoms with E-state index in [1.54, 1.807) is 0 Å². The van der Waals surface area contributed by atoms with Gasteiger partial charge >= 0.3 is 5.97 Å². The minimum atomic E-state index is -0.629. The Morgan fingerprint density at radius 1 is 1.38 bits per heavy atom. The summed E-state index contributed by atoms with van der Waals surface area (Å²) in [4.78, 5) is 11.7. The normalized spacial score (nSPS) is 22.9. The lowest BCUT2D eigenvalue weighted by molar-refractivity contribution is -0.151. The van der Waals surface area contributed by atoms with E-state index in [0.29, 0.717) is 18.4 Å². The maximum absolute atomic E-state index is 11.7. The van der Waals surface area contributed by atoms with Gasteiger partial charge < -0.3 is 10.5 Å². The fraction of sp³-hybridized carbons (Fsp3) is 0.900. The molecule has 3 nitrogen and oxygen atoms in total. The fourth-order valence-electron chi connectivity index (χ4n) is 2.04. The summed E-state index contributed by atoms with van der Waals surface area (Å²) in [7, 11) is 0. The van der Waals surface area contributed by atoms with Crippen LogP contribution in [0, 0.1) is 11.8 Å². The zero-order valence-corrected chi connectivity index (χ0v) is 8.08. The first kappa shape index (κ1) is 9.00.